The van der Waals surface area contributed by atoms with Crippen LogP contribution in [0.25, 0.3) is 5.57 Å². The largest absolute Gasteiger partial charge is 0.494 e. The van der Waals surface area contributed by atoms with Gasteiger partial charge in [0.2, 0.25) is 10.0 Å². The molecule has 4 rings (SSSR count). The van der Waals surface area contributed by atoms with E-state index in [-0.39, 0.29) is 16.3 Å². The lowest BCUT2D eigenvalue weighted by molar-refractivity contribution is -0.136. The highest BCUT2D eigenvalue weighted by molar-refractivity contribution is 7.89. The van der Waals surface area contributed by atoms with Crippen molar-refractivity contribution in [2.24, 2.45) is 5.14 Å². The molecule has 3 N–H and O–H groups in total. The molecule has 0 radical (unpaired) electrons. The summed E-state index contributed by atoms with van der Waals surface area (Å²) in [7, 11) is -0.803. The maximum absolute atomic E-state index is 14.7. The van der Waals surface area contributed by atoms with Gasteiger partial charge in [0.1, 0.15) is 5.70 Å². The third-order valence-electron chi connectivity index (χ3n) is 6.19. The van der Waals surface area contributed by atoms with Gasteiger partial charge in [0.15, 0.2) is 11.6 Å². The third kappa shape index (κ3) is 4.97. The number of rotatable bonds is 8. The number of aliphatic carboxylic acids is 1. The van der Waals surface area contributed by atoms with Crippen LogP contribution in [-0.2, 0) is 21.2 Å². The van der Waals surface area contributed by atoms with Gasteiger partial charge >= 0.3 is 5.97 Å². The SMILES string of the molecule is COc1ccc(C2=C(C(=O)O)N(CCc3ccccc3)N(C)C2c2ccc(S(N)(=O)=O)cc2)cc1F. The van der Waals surface area contributed by atoms with E-state index in [9.17, 15) is 22.7 Å². The average molecular weight is 512 g/mol. The summed E-state index contributed by atoms with van der Waals surface area (Å²) in [5.74, 6) is -1.75. The molecule has 0 saturated carbocycles. The highest BCUT2D eigenvalue weighted by Crippen LogP contribution is 2.45. The number of ether oxygens (including phenoxy) is 1. The number of benzene rings is 3. The summed E-state index contributed by atoms with van der Waals surface area (Å²) in [4.78, 5) is 12.5. The zero-order chi connectivity index (χ0) is 26.0. The lowest BCUT2D eigenvalue weighted by Crippen LogP contribution is -2.39. The van der Waals surface area contributed by atoms with Gasteiger partial charge < -0.3 is 9.84 Å². The van der Waals surface area contributed by atoms with Gasteiger partial charge in [-0.15, -0.1) is 0 Å². The first-order valence-electron chi connectivity index (χ1n) is 11.1. The molecule has 8 nitrogen and oxygen atoms in total. The first-order valence-corrected chi connectivity index (χ1v) is 12.6. The number of hydrazine groups is 1. The predicted molar refractivity (Wildman–Crippen MR) is 133 cm³/mol. The van der Waals surface area contributed by atoms with Crippen LogP contribution in [0.15, 0.2) is 83.4 Å². The number of nitrogens with two attached hydrogens (primary N) is 1. The number of likely N-dealkylation sites (N-methyl/N-ethyl adjacent to an activating group) is 1. The zero-order valence-corrected chi connectivity index (χ0v) is 20.6. The van der Waals surface area contributed by atoms with Gasteiger partial charge in [0.05, 0.1) is 18.0 Å². The standard InChI is InChI=1S/C26H26FN3O5S/c1-29-24(18-8-11-20(12-9-18)36(28,33)34)23(19-10-13-22(35-2)21(27)16-19)25(26(31)32)30(29)15-14-17-6-4-3-5-7-17/h3-13,16,24H,14-15H2,1-2H3,(H,31,32)(H2,28,33,34). The number of halogens is 1. The summed E-state index contributed by atoms with van der Waals surface area (Å²) in [5, 5.41) is 18.9. The Labute approximate surface area is 209 Å². The number of hydrogen-bond donors (Lipinski definition) is 2. The number of primary sulfonamides is 1. The second kappa shape index (κ2) is 10.1. The van der Waals surface area contributed by atoms with E-state index in [1.54, 1.807) is 35.3 Å². The number of sulfonamides is 1. The van der Waals surface area contributed by atoms with Crippen molar-refractivity contribution in [3.05, 3.63) is 101 Å². The van der Waals surface area contributed by atoms with Crippen molar-refractivity contribution in [2.75, 3.05) is 20.7 Å². The minimum absolute atomic E-state index is 0.0125. The number of hydrogen-bond acceptors (Lipinski definition) is 6. The number of carboxylic acids is 1. The van der Waals surface area contributed by atoms with Crippen molar-refractivity contribution in [1.82, 2.24) is 10.0 Å². The molecule has 0 aromatic heterocycles. The van der Waals surface area contributed by atoms with Crippen molar-refractivity contribution >= 4 is 21.6 Å². The van der Waals surface area contributed by atoms with Crippen LogP contribution in [0.1, 0.15) is 22.7 Å². The van der Waals surface area contributed by atoms with E-state index in [1.807, 2.05) is 30.3 Å². The zero-order valence-electron chi connectivity index (χ0n) is 19.8. The Bertz CT molecular complexity index is 1410. The van der Waals surface area contributed by atoms with Crippen LogP contribution in [0.2, 0.25) is 0 Å². The van der Waals surface area contributed by atoms with Crippen LogP contribution in [0.5, 0.6) is 5.75 Å². The molecule has 1 atom stereocenters. The van der Waals surface area contributed by atoms with Crippen LogP contribution in [-0.4, -0.2) is 50.2 Å². The maximum atomic E-state index is 14.7. The predicted octanol–water partition coefficient (Wildman–Crippen LogP) is 3.42. The molecule has 1 unspecified atom stereocenters. The molecule has 1 heterocycles. The molecule has 0 bridgehead atoms. The van der Waals surface area contributed by atoms with Crippen LogP contribution < -0.4 is 9.88 Å². The summed E-state index contributed by atoms with van der Waals surface area (Å²) in [6, 6.07) is 19.3. The Kier molecular flexibility index (Phi) is 7.11. The summed E-state index contributed by atoms with van der Waals surface area (Å²) in [6.07, 6.45) is 0.573. The van der Waals surface area contributed by atoms with Gasteiger partial charge in [-0.1, -0.05) is 48.5 Å². The third-order valence-corrected chi connectivity index (χ3v) is 7.12. The maximum Gasteiger partial charge on any atom is 0.353 e. The Balaban J connectivity index is 1.84. The fourth-order valence-corrected chi connectivity index (χ4v) is 4.99. The molecule has 1 aliphatic heterocycles. The molecule has 0 amide bonds. The van der Waals surface area contributed by atoms with Gasteiger partial charge in [0, 0.05) is 19.2 Å². The van der Waals surface area contributed by atoms with Crippen molar-refractivity contribution in [3.8, 4) is 5.75 Å². The first kappa shape index (κ1) is 25.4. The summed E-state index contributed by atoms with van der Waals surface area (Å²) in [5.41, 5.74) is 2.42. The van der Waals surface area contributed by atoms with E-state index in [1.165, 1.54) is 31.4 Å². The highest BCUT2D eigenvalue weighted by atomic mass is 32.2. The van der Waals surface area contributed by atoms with Crippen molar-refractivity contribution in [3.63, 3.8) is 0 Å². The second-order valence-corrected chi connectivity index (χ2v) is 9.93. The number of carbonyl (C=O) groups is 1. The summed E-state index contributed by atoms with van der Waals surface area (Å²) in [6.45, 7) is 0.357. The van der Waals surface area contributed by atoms with Gasteiger partial charge in [0.25, 0.3) is 0 Å². The molecule has 188 valence electrons. The Morgan fingerprint density at radius 3 is 2.31 bits per heavy atom. The molecule has 0 fully saturated rings. The smallest absolute Gasteiger partial charge is 0.353 e. The minimum Gasteiger partial charge on any atom is -0.494 e. The van der Waals surface area contributed by atoms with Gasteiger partial charge in [-0.25, -0.2) is 27.8 Å². The molecule has 10 heteroatoms. The monoisotopic (exact) mass is 511 g/mol. The van der Waals surface area contributed by atoms with Crippen LogP contribution in [0.4, 0.5) is 4.39 Å². The molecule has 3 aromatic rings. The Hall–Kier alpha value is -3.73. The summed E-state index contributed by atoms with van der Waals surface area (Å²) >= 11 is 0. The van der Waals surface area contributed by atoms with E-state index in [0.717, 1.165) is 5.56 Å². The van der Waals surface area contributed by atoms with Crippen LogP contribution in [0, 0.1) is 5.82 Å². The van der Waals surface area contributed by atoms with Gasteiger partial charge in [-0.3, -0.25) is 5.01 Å². The van der Waals surface area contributed by atoms with Gasteiger partial charge in [-0.05, 0) is 47.4 Å². The Morgan fingerprint density at radius 1 is 1.08 bits per heavy atom. The molecular weight excluding hydrogens is 485 g/mol. The average Bonchev–Trinajstić information content (AvgIpc) is 3.15. The number of nitrogens with zero attached hydrogens (tertiary/aromatic N) is 2. The van der Waals surface area contributed by atoms with Crippen LogP contribution >= 0.6 is 0 Å². The molecule has 0 saturated heterocycles. The van der Waals surface area contributed by atoms with Crippen molar-refractivity contribution < 1.29 is 27.4 Å². The minimum atomic E-state index is -3.90. The normalized spacial score (nSPS) is 16.4. The van der Waals surface area contributed by atoms with E-state index in [4.69, 9.17) is 9.88 Å². The number of carboxylic acid groups (broad SMARTS) is 1. The summed E-state index contributed by atoms with van der Waals surface area (Å²) < 4.78 is 43.2. The quantitative estimate of drug-likeness (QED) is 0.476. The highest BCUT2D eigenvalue weighted by Gasteiger charge is 2.41. The van der Waals surface area contributed by atoms with E-state index < -0.39 is 27.9 Å². The van der Waals surface area contributed by atoms with Crippen LogP contribution in [0.3, 0.4) is 0 Å². The molecule has 36 heavy (non-hydrogen) atoms. The molecular formula is C26H26FN3O5S. The van der Waals surface area contributed by atoms with E-state index in [0.29, 0.717) is 29.7 Å². The fraction of sp³-hybridized carbons (Fsp3) is 0.192. The second-order valence-electron chi connectivity index (χ2n) is 8.37. The first-order chi connectivity index (χ1) is 17.1. The van der Waals surface area contributed by atoms with E-state index >= 15 is 0 Å². The number of methoxy groups -OCH3 is 1. The lowest BCUT2D eigenvalue weighted by Gasteiger charge is -2.32. The van der Waals surface area contributed by atoms with Gasteiger partial charge in [-0.2, -0.15) is 0 Å². The van der Waals surface area contributed by atoms with E-state index in [2.05, 4.69) is 0 Å². The van der Waals surface area contributed by atoms with Crippen molar-refractivity contribution in [1.29, 1.82) is 0 Å². The molecule has 3 aromatic carbocycles. The lowest BCUT2D eigenvalue weighted by atomic mass is 9.92. The Morgan fingerprint density at radius 2 is 1.75 bits per heavy atom. The molecule has 1 aliphatic rings. The molecule has 0 spiro atoms. The van der Waals surface area contributed by atoms with Crippen molar-refractivity contribution in [2.45, 2.75) is 17.4 Å². The fourth-order valence-electron chi connectivity index (χ4n) is 4.48. The topological polar surface area (TPSA) is 113 Å². The molecule has 0 aliphatic carbocycles.